The van der Waals surface area contributed by atoms with E-state index in [1.165, 1.54) is 49.6 Å². The van der Waals surface area contributed by atoms with Crippen LogP contribution in [0.2, 0.25) is 0 Å². The number of carbonyl (C=O) groups is 2. The average molecular weight is 565 g/mol. The summed E-state index contributed by atoms with van der Waals surface area (Å²) in [4.78, 5) is 26.4. The van der Waals surface area contributed by atoms with E-state index in [4.69, 9.17) is 21.1 Å². The molecule has 0 bridgehead atoms. The van der Waals surface area contributed by atoms with E-state index in [0.717, 1.165) is 35.4 Å². The van der Waals surface area contributed by atoms with Gasteiger partial charge in [-0.3, -0.25) is 4.79 Å². The minimum absolute atomic E-state index is 0.0281. The Labute approximate surface area is 235 Å². The molecule has 0 fully saturated rings. The second-order valence-corrected chi connectivity index (χ2v) is 11.1. The summed E-state index contributed by atoms with van der Waals surface area (Å²) in [6.07, 6.45) is 4.00. The van der Waals surface area contributed by atoms with Gasteiger partial charge >= 0.3 is 5.97 Å². The third-order valence-electron chi connectivity index (χ3n) is 6.43. The summed E-state index contributed by atoms with van der Waals surface area (Å²) < 4.78 is 0. The molecule has 204 valence electrons. The number of aromatic carboxylic acids is 1. The van der Waals surface area contributed by atoms with Crippen LogP contribution in [0.1, 0.15) is 41.6 Å². The van der Waals surface area contributed by atoms with Crippen LogP contribution in [0.15, 0.2) is 60.7 Å². The van der Waals surface area contributed by atoms with E-state index in [2.05, 4.69) is 35.6 Å². The number of rotatable bonds is 5. The van der Waals surface area contributed by atoms with Crippen molar-refractivity contribution in [2.75, 3.05) is 26.3 Å². The number of carbonyl (C=O) groups excluding carboxylic acids is 1. The van der Waals surface area contributed by atoms with E-state index in [9.17, 15) is 9.59 Å². The van der Waals surface area contributed by atoms with Crippen molar-refractivity contribution in [3.63, 3.8) is 0 Å². The van der Waals surface area contributed by atoms with Crippen LogP contribution in [0, 0.1) is 0 Å². The van der Waals surface area contributed by atoms with Crippen LogP contribution in [-0.4, -0.2) is 53.5 Å². The molecule has 4 aromatic rings. The lowest BCUT2D eigenvalue weighted by Gasteiger charge is -2.15. The zero-order chi connectivity index (χ0) is 27.8. The van der Waals surface area contributed by atoms with Crippen molar-refractivity contribution in [1.29, 1.82) is 0 Å². The van der Waals surface area contributed by atoms with Crippen LogP contribution >= 0.6 is 22.7 Å². The van der Waals surface area contributed by atoms with Gasteiger partial charge in [0.05, 0.1) is 18.1 Å². The van der Waals surface area contributed by atoms with Crippen molar-refractivity contribution in [2.24, 2.45) is 5.73 Å². The molecule has 0 radical (unpaired) electrons. The molecule has 0 unspecified atom stereocenters. The van der Waals surface area contributed by atoms with Gasteiger partial charge in [-0.05, 0) is 71.2 Å². The lowest BCUT2D eigenvalue weighted by molar-refractivity contribution is 0.0701. The molecule has 2 aliphatic rings. The first kappa shape index (κ1) is 28.7. The number of amides is 1. The Morgan fingerprint density at radius 1 is 0.744 bits per heavy atom. The van der Waals surface area contributed by atoms with Crippen LogP contribution in [0.25, 0.3) is 20.9 Å². The molecule has 6 rings (SSSR count). The van der Waals surface area contributed by atoms with Crippen molar-refractivity contribution in [1.82, 2.24) is 5.32 Å². The van der Waals surface area contributed by atoms with Crippen molar-refractivity contribution < 1.29 is 24.9 Å². The summed E-state index contributed by atoms with van der Waals surface area (Å²) in [6, 6.07) is 20.4. The summed E-state index contributed by atoms with van der Waals surface area (Å²) in [7, 11) is 0. The van der Waals surface area contributed by atoms with Gasteiger partial charge in [-0.15, -0.1) is 22.7 Å². The largest absolute Gasteiger partial charge is 0.477 e. The Morgan fingerprint density at radius 3 is 1.69 bits per heavy atom. The molecule has 1 amide bonds. The Hall–Kier alpha value is -3.34. The van der Waals surface area contributed by atoms with Crippen LogP contribution in [0.5, 0.6) is 0 Å². The standard InChI is InChI=1S/C15H15NO2S.C13H10O2S.C2H7NO/c17-8-7-16-15(18)13-9-11-6-5-10-3-1-2-4-12(10)14(11)19-13;14-13(15)11-7-9-6-5-8-3-1-2-4-10(8)12(9)16-11;3-1-2-4/h1-4,9,17H,5-8H2,(H,16,18);1-4,7H,5-6H2,(H,14,15);4H,1-3H2. The summed E-state index contributed by atoms with van der Waals surface area (Å²) in [5, 5.41) is 28.2. The van der Waals surface area contributed by atoms with Crippen molar-refractivity contribution in [3.05, 3.63) is 92.7 Å². The highest BCUT2D eigenvalue weighted by Gasteiger charge is 2.22. The number of benzene rings is 2. The molecule has 0 aliphatic heterocycles. The number of thiophene rings is 2. The highest BCUT2D eigenvalue weighted by Crippen LogP contribution is 2.40. The lowest BCUT2D eigenvalue weighted by atomic mass is 9.91. The minimum Gasteiger partial charge on any atom is -0.477 e. The van der Waals surface area contributed by atoms with Crippen molar-refractivity contribution in [2.45, 2.75) is 25.7 Å². The number of carboxylic acid groups (broad SMARTS) is 1. The average Bonchev–Trinajstić information content (AvgIpc) is 3.62. The van der Waals surface area contributed by atoms with Gasteiger partial charge in [0.15, 0.2) is 0 Å². The third kappa shape index (κ3) is 6.81. The van der Waals surface area contributed by atoms with Gasteiger partial charge in [-0.2, -0.15) is 0 Å². The van der Waals surface area contributed by atoms with Gasteiger partial charge in [-0.1, -0.05) is 48.5 Å². The van der Waals surface area contributed by atoms with Crippen LogP contribution < -0.4 is 11.1 Å². The molecule has 2 aromatic heterocycles. The normalized spacial score (nSPS) is 12.3. The van der Waals surface area contributed by atoms with Crippen LogP contribution in [0.3, 0.4) is 0 Å². The van der Waals surface area contributed by atoms with Gasteiger partial charge in [0.25, 0.3) is 5.91 Å². The number of hydrogen-bond acceptors (Lipinski definition) is 7. The second-order valence-electron chi connectivity index (χ2n) is 9.04. The monoisotopic (exact) mass is 564 g/mol. The van der Waals surface area contributed by atoms with E-state index < -0.39 is 5.97 Å². The van der Waals surface area contributed by atoms with Gasteiger partial charge in [-0.25, -0.2) is 4.79 Å². The molecule has 0 spiro atoms. The number of carboxylic acids is 1. The maximum atomic E-state index is 11.9. The zero-order valence-electron chi connectivity index (χ0n) is 21.5. The Morgan fingerprint density at radius 2 is 1.21 bits per heavy atom. The molecule has 6 N–H and O–H groups in total. The first-order valence-corrected chi connectivity index (χ1v) is 14.4. The summed E-state index contributed by atoms with van der Waals surface area (Å²) >= 11 is 2.93. The molecule has 7 nitrogen and oxygen atoms in total. The molecule has 0 saturated carbocycles. The predicted molar refractivity (Wildman–Crippen MR) is 157 cm³/mol. The van der Waals surface area contributed by atoms with Crippen LogP contribution in [-0.2, 0) is 25.7 Å². The predicted octanol–water partition coefficient (Wildman–Crippen LogP) is 4.39. The number of aliphatic hydroxyl groups is 2. The fourth-order valence-corrected chi connectivity index (χ4v) is 6.91. The first-order chi connectivity index (χ1) is 19.0. The van der Waals surface area contributed by atoms with E-state index in [1.54, 1.807) is 11.3 Å². The summed E-state index contributed by atoms with van der Waals surface area (Å²) in [5.74, 6) is -0.914. The molecule has 39 heavy (non-hydrogen) atoms. The molecule has 2 aromatic carbocycles. The van der Waals surface area contributed by atoms with Crippen molar-refractivity contribution in [3.8, 4) is 20.9 Å². The number of aryl methyl sites for hydroxylation is 4. The topological polar surface area (TPSA) is 133 Å². The number of nitrogens with two attached hydrogens (primary N) is 1. The molecule has 0 atom stereocenters. The van der Waals surface area contributed by atoms with Gasteiger partial charge < -0.3 is 26.4 Å². The Kier molecular flexibility index (Phi) is 10.0. The summed E-state index contributed by atoms with van der Waals surface area (Å²) in [5.41, 5.74) is 12.4. The fourth-order valence-electron chi connectivity index (χ4n) is 4.62. The van der Waals surface area contributed by atoms with Crippen LogP contribution in [0.4, 0.5) is 0 Å². The molecule has 9 heteroatoms. The van der Waals surface area contributed by atoms with E-state index >= 15 is 0 Å². The van der Waals surface area contributed by atoms with Gasteiger partial charge in [0, 0.05) is 22.8 Å². The maximum Gasteiger partial charge on any atom is 0.345 e. The van der Waals surface area contributed by atoms with Crippen molar-refractivity contribution >= 4 is 34.6 Å². The molecule has 2 aliphatic carbocycles. The van der Waals surface area contributed by atoms with Gasteiger partial charge in [0.2, 0.25) is 0 Å². The van der Waals surface area contributed by atoms with E-state index in [0.29, 0.717) is 18.0 Å². The number of fused-ring (bicyclic) bond motifs is 6. The van der Waals surface area contributed by atoms with E-state index in [1.807, 2.05) is 30.3 Å². The minimum atomic E-state index is -0.822. The second kappa shape index (κ2) is 13.6. The Balaban J connectivity index is 0.000000161. The van der Waals surface area contributed by atoms with Gasteiger partial charge in [0.1, 0.15) is 4.88 Å². The zero-order valence-corrected chi connectivity index (χ0v) is 23.1. The molecular formula is C30H32N2O5S2. The highest BCUT2D eigenvalue weighted by molar-refractivity contribution is 7.18. The quantitative estimate of drug-likeness (QED) is 0.244. The molecular weight excluding hydrogens is 532 g/mol. The number of aliphatic hydroxyl groups excluding tert-OH is 2. The molecule has 0 saturated heterocycles. The smallest absolute Gasteiger partial charge is 0.345 e. The number of hydrogen-bond donors (Lipinski definition) is 5. The summed E-state index contributed by atoms with van der Waals surface area (Å²) in [6.45, 7) is 0.748. The Bertz CT molecular complexity index is 1440. The lowest BCUT2D eigenvalue weighted by Crippen LogP contribution is -2.25. The van der Waals surface area contributed by atoms with E-state index in [-0.39, 0.29) is 19.1 Å². The maximum absolute atomic E-state index is 11.9. The highest BCUT2D eigenvalue weighted by atomic mass is 32.1. The number of nitrogens with one attached hydrogen (secondary N) is 1. The SMILES string of the molecule is NCCO.O=C(NCCO)c1cc2c(s1)-c1ccccc1CC2.O=C(O)c1cc2c(s1)-c1ccccc1CC2. The first-order valence-electron chi connectivity index (χ1n) is 12.8. The third-order valence-corrected chi connectivity index (χ3v) is 8.84. The fraction of sp³-hybridized carbons (Fsp3) is 0.267. The molecule has 2 heterocycles.